The quantitative estimate of drug-likeness (QED) is 0.847. The van der Waals surface area contributed by atoms with Crippen molar-refractivity contribution in [3.05, 3.63) is 16.8 Å². The van der Waals surface area contributed by atoms with Crippen LogP contribution in [0.2, 0.25) is 0 Å². The molecule has 1 unspecified atom stereocenters. The average Bonchev–Trinajstić information content (AvgIpc) is 2.59. The molecule has 1 aliphatic heterocycles. The van der Waals surface area contributed by atoms with E-state index in [0.717, 1.165) is 43.5 Å². The van der Waals surface area contributed by atoms with Gasteiger partial charge in [0.15, 0.2) is 5.82 Å². The molecular formula is C17H25N5O. The Labute approximate surface area is 138 Å². The van der Waals surface area contributed by atoms with Gasteiger partial charge in [-0.15, -0.1) is 5.10 Å². The van der Waals surface area contributed by atoms with Gasteiger partial charge >= 0.3 is 0 Å². The van der Waals surface area contributed by atoms with Crippen LogP contribution in [0.25, 0.3) is 0 Å². The second-order valence-electron chi connectivity index (χ2n) is 6.16. The van der Waals surface area contributed by atoms with Gasteiger partial charge < -0.3 is 9.80 Å². The number of aromatic nitrogens is 2. The third-order valence-electron chi connectivity index (χ3n) is 4.45. The molecule has 0 aliphatic carbocycles. The predicted molar refractivity (Wildman–Crippen MR) is 89.1 cm³/mol. The standard InChI is InChI=1S/C17H25N5O/c1-5-13-14(10-18)16(20-19-15(13)6-2)22-9-7-8-12(11-22)17(23)21(3)4/h12H,5-9,11H2,1-4H3. The van der Waals surface area contributed by atoms with Gasteiger partial charge in [0.05, 0.1) is 11.6 Å². The lowest BCUT2D eigenvalue weighted by Crippen LogP contribution is -2.43. The molecule has 1 saturated heterocycles. The topological polar surface area (TPSA) is 73.1 Å². The van der Waals surface area contributed by atoms with Crippen LogP contribution in [0.1, 0.15) is 43.5 Å². The zero-order chi connectivity index (χ0) is 17.0. The Hall–Kier alpha value is -2.16. The third-order valence-corrected chi connectivity index (χ3v) is 4.45. The van der Waals surface area contributed by atoms with E-state index in [1.165, 1.54) is 0 Å². The SMILES string of the molecule is CCc1nnc(N2CCCC(C(=O)N(C)C)C2)c(C#N)c1CC. The Kier molecular flexibility index (Phi) is 5.54. The van der Waals surface area contributed by atoms with Gasteiger partial charge in [0, 0.05) is 27.2 Å². The summed E-state index contributed by atoms with van der Waals surface area (Å²) in [5.74, 6) is 0.739. The number of anilines is 1. The van der Waals surface area contributed by atoms with Crippen molar-refractivity contribution in [1.29, 1.82) is 5.26 Å². The summed E-state index contributed by atoms with van der Waals surface area (Å²) in [6.45, 7) is 5.48. The van der Waals surface area contributed by atoms with E-state index in [0.29, 0.717) is 17.9 Å². The van der Waals surface area contributed by atoms with Crippen LogP contribution < -0.4 is 4.90 Å². The van der Waals surface area contributed by atoms with Gasteiger partial charge in [0.25, 0.3) is 0 Å². The van der Waals surface area contributed by atoms with Crippen LogP contribution in [-0.2, 0) is 17.6 Å². The highest BCUT2D eigenvalue weighted by Gasteiger charge is 2.29. The highest BCUT2D eigenvalue weighted by Crippen LogP contribution is 2.28. The van der Waals surface area contributed by atoms with E-state index in [1.54, 1.807) is 19.0 Å². The van der Waals surface area contributed by atoms with Crippen LogP contribution >= 0.6 is 0 Å². The minimum atomic E-state index is -0.0389. The number of rotatable bonds is 4. The van der Waals surface area contributed by atoms with E-state index in [9.17, 15) is 10.1 Å². The molecule has 2 rings (SSSR count). The average molecular weight is 315 g/mol. The number of hydrogen-bond acceptors (Lipinski definition) is 5. The van der Waals surface area contributed by atoms with Crippen LogP contribution in [0.4, 0.5) is 5.82 Å². The molecule has 0 N–H and O–H groups in total. The van der Waals surface area contributed by atoms with Crippen molar-refractivity contribution in [1.82, 2.24) is 15.1 Å². The number of amides is 1. The first-order chi connectivity index (χ1) is 11.0. The first-order valence-electron chi connectivity index (χ1n) is 8.28. The van der Waals surface area contributed by atoms with Crippen molar-refractivity contribution in [3.8, 4) is 6.07 Å². The van der Waals surface area contributed by atoms with E-state index in [-0.39, 0.29) is 11.8 Å². The molecular weight excluding hydrogens is 290 g/mol. The number of piperidine rings is 1. The van der Waals surface area contributed by atoms with E-state index in [2.05, 4.69) is 21.2 Å². The molecule has 1 aromatic rings. The monoisotopic (exact) mass is 315 g/mol. The van der Waals surface area contributed by atoms with Crippen molar-refractivity contribution < 1.29 is 4.79 Å². The fraction of sp³-hybridized carbons (Fsp3) is 0.647. The normalized spacial score (nSPS) is 17.7. The van der Waals surface area contributed by atoms with E-state index in [4.69, 9.17) is 0 Å². The Morgan fingerprint density at radius 2 is 2.09 bits per heavy atom. The van der Waals surface area contributed by atoms with Crippen molar-refractivity contribution in [2.45, 2.75) is 39.5 Å². The summed E-state index contributed by atoms with van der Waals surface area (Å²) < 4.78 is 0. The molecule has 1 amide bonds. The summed E-state index contributed by atoms with van der Waals surface area (Å²) in [4.78, 5) is 15.9. The Bertz CT molecular complexity index is 620. The van der Waals surface area contributed by atoms with E-state index in [1.807, 2.05) is 13.8 Å². The molecule has 6 heteroatoms. The largest absolute Gasteiger partial charge is 0.353 e. The van der Waals surface area contributed by atoms with Gasteiger partial charge in [-0.1, -0.05) is 13.8 Å². The van der Waals surface area contributed by atoms with Crippen LogP contribution in [0.3, 0.4) is 0 Å². The molecule has 6 nitrogen and oxygen atoms in total. The molecule has 0 aromatic carbocycles. The van der Waals surface area contributed by atoms with Crippen molar-refractivity contribution in [3.63, 3.8) is 0 Å². The smallest absolute Gasteiger partial charge is 0.226 e. The molecule has 23 heavy (non-hydrogen) atoms. The zero-order valence-electron chi connectivity index (χ0n) is 14.5. The summed E-state index contributed by atoms with van der Waals surface area (Å²) >= 11 is 0. The van der Waals surface area contributed by atoms with Gasteiger partial charge in [-0.3, -0.25) is 4.79 Å². The fourth-order valence-corrected chi connectivity index (χ4v) is 3.24. The van der Waals surface area contributed by atoms with E-state index < -0.39 is 0 Å². The highest BCUT2D eigenvalue weighted by molar-refractivity contribution is 5.79. The second-order valence-corrected chi connectivity index (χ2v) is 6.16. The van der Waals surface area contributed by atoms with Gasteiger partial charge in [-0.2, -0.15) is 10.4 Å². The summed E-state index contributed by atoms with van der Waals surface area (Å²) in [6.07, 6.45) is 3.35. The number of nitriles is 1. The fourth-order valence-electron chi connectivity index (χ4n) is 3.24. The highest BCUT2D eigenvalue weighted by atomic mass is 16.2. The maximum absolute atomic E-state index is 12.3. The minimum Gasteiger partial charge on any atom is -0.353 e. The second kappa shape index (κ2) is 7.40. The summed E-state index contributed by atoms with van der Waals surface area (Å²) in [6, 6.07) is 2.31. The lowest BCUT2D eigenvalue weighted by molar-refractivity contribution is -0.133. The number of hydrogen-bond donors (Lipinski definition) is 0. The first-order valence-corrected chi connectivity index (χ1v) is 8.28. The zero-order valence-corrected chi connectivity index (χ0v) is 14.5. The maximum Gasteiger partial charge on any atom is 0.226 e. The van der Waals surface area contributed by atoms with Gasteiger partial charge in [-0.05, 0) is 31.2 Å². The Morgan fingerprint density at radius 3 is 2.65 bits per heavy atom. The van der Waals surface area contributed by atoms with Crippen molar-refractivity contribution in [2.75, 3.05) is 32.1 Å². The predicted octanol–water partition coefficient (Wildman–Crippen LogP) is 1.78. The van der Waals surface area contributed by atoms with Gasteiger partial charge in [0.2, 0.25) is 5.91 Å². The first kappa shape index (κ1) is 17.2. The molecule has 0 bridgehead atoms. The van der Waals surface area contributed by atoms with Crippen LogP contribution in [0, 0.1) is 17.2 Å². The molecule has 124 valence electrons. The van der Waals surface area contributed by atoms with Crippen LogP contribution in [0.15, 0.2) is 0 Å². The number of carbonyl (C=O) groups excluding carboxylic acids is 1. The Morgan fingerprint density at radius 1 is 1.35 bits per heavy atom. The molecule has 1 aliphatic rings. The van der Waals surface area contributed by atoms with Crippen LogP contribution in [-0.4, -0.2) is 48.2 Å². The number of carbonyl (C=O) groups is 1. The lowest BCUT2D eigenvalue weighted by atomic mass is 9.95. The molecule has 2 heterocycles. The molecule has 1 aromatic heterocycles. The maximum atomic E-state index is 12.3. The lowest BCUT2D eigenvalue weighted by Gasteiger charge is -2.34. The minimum absolute atomic E-state index is 0.0389. The van der Waals surface area contributed by atoms with Gasteiger partial charge in [-0.25, -0.2) is 0 Å². The summed E-state index contributed by atoms with van der Waals surface area (Å²) in [7, 11) is 3.57. The van der Waals surface area contributed by atoms with E-state index >= 15 is 0 Å². The summed E-state index contributed by atoms with van der Waals surface area (Å²) in [5, 5.41) is 18.3. The third kappa shape index (κ3) is 3.44. The molecule has 0 spiro atoms. The van der Waals surface area contributed by atoms with Crippen molar-refractivity contribution in [2.24, 2.45) is 5.92 Å². The summed E-state index contributed by atoms with van der Waals surface area (Å²) in [5.41, 5.74) is 2.50. The molecule has 1 fully saturated rings. The van der Waals surface area contributed by atoms with Gasteiger partial charge in [0.1, 0.15) is 11.6 Å². The number of aryl methyl sites for hydroxylation is 1. The molecule has 1 atom stereocenters. The van der Waals surface area contributed by atoms with Crippen molar-refractivity contribution >= 4 is 11.7 Å². The Balaban J connectivity index is 2.34. The van der Waals surface area contributed by atoms with Crippen LogP contribution in [0.5, 0.6) is 0 Å². The molecule has 0 radical (unpaired) electrons. The molecule has 0 saturated carbocycles. The number of nitrogens with zero attached hydrogens (tertiary/aromatic N) is 5.